The highest BCUT2D eigenvalue weighted by atomic mass is 16.5. The van der Waals surface area contributed by atoms with E-state index in [1.807, 2.05) is 24.3 Å². The van der Waals surface area contributed by atoms with Crippen molar-refractivity contribution in [3.63, 3.8) is 0 Å². The fourth-order valence-electron chi connectivity index (χ4n) is 1.21. The fourth-order valence-corrected chi connectivity index (χ4v) is 1.21. The van der Waals surface area contributed by atoms with Crippen molar-refractivity contribution in [3.8, 4) is 6.07 Å². The van der Waals surface area contributed by atoms with Crippen molar-refractivity contribution in [1.82, 2.24) is 0 Å². The van der Waals surface area contributed by atoms with Crippen LogP contribution in [0.3, 0.4) is 0 Å². The third-order valence-electron chi connectivity index (χ3n) is 2.12. The standard InChI is InChI=1S/C12H16N2O/c13-10-12(14)7-9-15-8-6-11-4-2-1-3-5-11/h1-5,12H,6-9,14H2. The molecule has 0 aliphatic rings. The third-order valence-corrected chi connectivity index (χ3v) is 2.12. The topological polar surface area (TPSA) is 59.0 Å². The summed E-state index contributed by atoms with van der Waals surface area (Å²) < 4.78 is 5.38. The molecule has 1 unspecified atom stereocenters. The van der Waals surface area contributed by atoms with Crippen LogP contribution in [0.2, 0.25) is 0 Å². The zero-order chi connectivity index (χ0) is 10.9. The van der Waals surface area contributed by atoms with Gasteiger partial charge in [0.1, 0.15) is 0 Å². The van der Waals surface area contributed by atoms with Gasteiger partial charge in [-0.1, -0.05) is 30.3 Å². The summed E-state index contributed by atoms with van der Waals surface area (Å²) in [6.07, 6.45) is 1.51. The van der Waals surface area contributed by atoms with E-state index in [-0.39, 0.29) is 0 Å². The lowest BCUT2D eigenvalue weighted by molar-refractivity contribution is 0.133. The van der Waals surface area contributed by atoms with Crippen molar-refractivity contribution in [1.29, 1.82) is 5.26 Å². The number of ether oxygens (including phenoxy) is 1. The molecule has 0 aromatic heterocycles. The van der Waals surface area contributed by atoms with Crippen LogP contribution in [0.4, 0.5) is 0 Å². The van der Waals surface area contributed by atoms with E-state index in [2.05, 4.69) is 12.1 Å². The van der Waals surface area contributed by atoms with Gasteiger partial charge in [-0.2, -0.15) is 5.26 Å². The number of nitrogens with two attached hydrogens (primary N) is 1. The largest absolute Gasteiger partial charge is 0.381 e. The number of hydrogen-bond donors (Lipinski definition) is 1. The predicted molar refractivity (Wildman–Crippen MR) is 59.2 cm³/mol. The summed E-state index contributed by atoms with van der Waals surface area (Å²) in [5.74, 6) is 0. The van der Waals surface area contributed by atoms with Gasteiger partial charge in [-0.15, -0.1) is 0 Å². The Morgan fingerprint density at radius 2 is 2.00 bits per heavy atom. The van der Waals surface area contributed by atoms with Crippen molar-refractivity contribution in [2.24, 2.45) is 5.73 Å². The van der Waals surface area contributed by atoms with Gasteiger partial charge < -0.3 is 10.5 Å². The van der Waals surface area contributed by atoms with Gasteiger partial charge in [-0.05, 0) is 18.4 Å². The van der Waals surface area contributed by atoms with E-state index in [1.165, 1.54) is 5.56 Å². The van der Waals surface area contributed by atoms with Crippen molar-refractivity contribution in [2.45, 2.75) is 18.9 Å². The summed E-state index contributed by atoms with van der Waals surface area (Å²) in [6.45, 7) is 1.24. The minimum absolute atomic E-state index is 0.401. The molecule has 0 aliphatic carbocycles. The predicted octanol–water partition coefficient (Wildman–Crippen LogP) is 1.49. The first-order valence-electron chi connectivity index (χ1n) is 5.10. The van der Waals surface area contributed by atoms with Crippen molar-refractivity contribution >= 4 is 0 Å². The van der Waals surface area contributed by atoms with Crippen molar-refractivity contribution < 1.29 is 4.74 Å². The number of nitrogens with zero attached hydrogens (tertiary/aromatic N) is 1. The number of hydrogen-bond acceptors (Lipinski definition) is 3. The van der Waals surface area contributed by atoms with Crippen LogP contribution in [-0.2, 0) is 11.2 Å². The minimum Gasteiger partial charge on any atom is -0.381 e. The maximum Gasteiger partial charge on any atom is 0.0950 e. The maximum absolute atomic E-state index is 8.44. The zero-order valence-electron chi connectivity index (χ0n) is 8.73. The molecule has 1 atom stereocenters. The lowest BCUT2D eigenvalue weighted by atomic mass is 10.2. The molecule has 0 amide bonds. The Balaban J connectivity index is 2.06. The van der Waals surface area contributed by atoms with Crippen LogP contribution in [0.1, 0.15) is 12.0 Å². The Labute approximate surface area is 90.5 Å². The molecule has 0 bridgehead atoms. The van der Waals surface area contributed by atoms with E-state index in [9.17, 15) is 0 Å². The molecule has 2 N–H and O–H groups in total. The van der Waals surface area contributed by atoms with Gasteiger partial charge in [-0.25, -0.2) is 0 Å². The lowest BCUT2D eigenvalue weighted by Gasteiger charge is -2.05. The van der Waals surface area contributed by atoms with Crippen LogP contribution >= 0.6 is 0 Å². The second kappa shape index (κ2) is 6.99. The first kappa shape index (κ1) is 11.7. The average Bonchev–Trinajstić information content (AvgIpc) is 2.29. The molecule has 0 saturated heterocycles. The molecule has 0 fully saturated rings. The molecule has 3 heteroatoms. The van der Waals surface area contributed by atoms with Gasteiger partial charge in [0.25, 0.3) is 0 Å². The van der Waals surface area contributed by atoms with Crippen LogP contribution in [0.25, 0.3) is 0 Å². The lowest BCUT2D eigenvalue weighted by Crippen LogP contribution is -2.19. The van der Waals surface area contributed by atoms with Crippen LogP contribution in [-0.4, -0.2) is 19.3 Å². The summed E-state index contributed by atoms with van der Waals surface area (Å²) in [5, 5.41) is 8.44. The van der Waals surface area contributed by atoms with Crippen molar-refractivity contribution in [2.75, 3.05) is 13.2 Å². The summed E-state index contributed by atoms with van der Waals surface area (Å²) in [7, 11) is 0. The normalized spacial score (nSPS) is 12.0. The first-order valence-corrected chi connectivity index (χ1v) is 5.10. The molecule has 0 aliphatic heterocycles. The monoisotopic (exact) mass is 204 g/mol. The summed E-state index contributed by atoms with van der Waals surface area (Å²) in [4.78, 5) is 0. The number of nitriles is 1. The SMILES string of the molecule is N#CC(N)CCOCCc1ccccc1. The number of rotatable bonds is 6. The molecule has 0 radical (unpaired) electrons. The van der Waals surface area contributed by atoms with Crippen LogP contribution in [0, 0.1) is 11.3 Å². The highest BCUT2D eigenvalue weighted by Crippen LogP contribution is 1.99. The average molecular weight is 204 g/mol. The second-order valence-electron chi connectivity index (χ2n) is 3.37. The second-order valence-corrected chi connectivity index (χ2v) is 3.37. The molecule has 15 heavy (non-hydrogen) atoms. The van der Waals surface area contributed by atoms with Gasteiger partial charge in [-0.3, -0.25) is 0 Å². The molecule has 1 rings (SSSR count). The van der Waals surface area contributed by atoms with Crippen LogP contribution in [0.15, 0.2) is 30.3 Å². The highest BCUT2D eigenvalue weighted by Gasteiger charge is 1.98. The van der Waals surface area contributed by atoms with E-state index >= 15 is 0 Å². The number of benzene rings is 1. The van der Waals surface area contributed by atoms with Gasteiger partial charge in [0.2, 0.25) is 0 Å². The Morgan fingerprint density at radius 1 is 1.27 bits per heavy atom. The molecular formula is C12H16N2O. The van der Waals surface area contributed by atoms with Gasteiger partial charge in [0.15, 0.2) is 0 Å². The Kier molecular flexibility index (Phi) is 5.46. The Hall–Kier alpha value is -1.37. The van der Waals surface area contributed by atoms with E-state index in [4.69, 9.17) is 15.7 Å². The van der Waals surface area contributed by atoms with Gasteiger partial charge in [0, 0.05) is 6.61 Å². The van der Waals surface area contributed by atoms with Gasteiger partial charge >= 0.3 is 0 Å². The maximum atomic E-state index is 8.44. The van der Waals surface area contributed by atoms with E-state index in [0.717, 1.165) is 6.42 Å². The smallest absolute Gasteiger partial charge is 0.0950 e. The molecule has 0 heterocycles. The molecule has 1 aromatic rings. The zero-order valence-corrected chi connectivity index (χ0v) is 8.73. The van der Waals surface area contributed by atoms with Gasteiger partial charge in [0.05, 0.1) is 18.7 Å². The first-order chi connectivity index (χ1) is 7.33. The van der Waals surface area contributed by atoms with Crippen LogP contribution < -0.4 is 5.73 Å². The third kappa shape index (κ3) is 5.16. The molecule has 0 spiro atoms. The van der Waals surface area contributed by atoms with Crippen LogP contribution in [0.5, 0.6) is 0 Å². The fraction of sp³-hybridized carbons (Fsp3) is 0.417. The molecule has 1 aromatic carbocycles. The van der Waals surface area contributed by atoms with E-state index in [0.29, 0.717) is 19.6 Å². The molecular weight excluding hydrogens is 188 g/mol. The van der Waals surface area contributed by atoms with E-state index < -0.39 is 6.04 Å². The quantitative estimate of drug-likeness (QED) is 0.714. The summed E-state index contributed by atoms with van der Waals surface area (Å²) >= 11 is 0. The Morgan fingerprint density at radius 3 is 2.67 bits per heavy atom. The molecule has 80 valence electrons. The minimum atomic E-state index is -0.401. The molecule has 3 nitrogen and oxygen atoms in total. The molecule has 0 saturated carbocycles. The summed E-state index contributed by atoms with van der Waals surface area (Å²) in [6, 6.07) is 11.7. The van der Waals surface area contributed by atoms with E-state index in [1.54, 1.807) is 0 Å². The van der Waals surface area contributed by atoms with Crippen molar-refractivity contribution in [3.05, 3.63) is 35.9 Å². The highest BCUT2D eigenvalue weighted by molar-refractivity contribution is 5.14. The Bertz CT molecular complexity index is 305. The summed E-state index contributed by atoms with van der Waals surface area (Å²) in [5.41, 5.74) is 6.69.